The fourth-order valence-electron chi connectivity index (χ4n) is 2.88. The lowest BCUT2D eigenvalue weighted by molar-refractivity contribution is -0.0174. The summed E-state index contributed by atoms with van der Waals surface area (Å²) in [5, 5.41) is 20.5. The summed E-state index contributed by atoms with van der Waals surface area (Å²) in [5.74, 6) is 0.696. The van der Waals surface area contributed by atoms with E-state index in [-0.39, 0.29) is 0 Å². The molecule has 4 heteroatoms. The van der Waals surface area contributed by atoms with Crippen molar-refractivity contribution in [1.29, 1.82) is 0 Å². The number of rotatable bonds is 6. The number of aliphatic hydroxyl groups excluding tert-OH is 1. The van der Waals surface area contributed by atoms with E-state index in [1.807, 2.05) is 24.3 Å². The fraction of sp³-hybridized carbons (Fsp3) is 0.647. The molecule has 0 bridgehead atoms. The van der Waals surface area contributed by atoms with Crippen LogP contribution in [-0.4, -0.2) is 29.0 Å². The molecule has 1 saturated carbocycles. The summed E-state index contributed by atoms with van der Waals surface area (Å²) in [6.45, 7) is 0.773. The summed E-state index contributed by atoms with van der Waals surface area (Å²) in [5.41, 5.74) is 5.57. The molecule has 4 nitrogen and oxygen atoms in total. The Morgan fingerprint density at radius 3 is 2.57 bits per heavy atom. The van der Waals surface area contributed by atoms with Gasteiger partial charge in [-0.25, -0.2) is 0 Å². The van der Waals surface area contributed by atoms with Crippen LogP contribution in [0.4, 0.5) is 0 Å². The largest absolute Gasteiger partial charge is 0.491 e. The summed E-state index contributed by atoms with van der Waals surface area (Å²) < 4.78 is 5.78. The van der Waals surface area contributed by atoms with Crippen LogP contribution in [0.15, 0.2) is 24.3 Å². The van der Waals surface area contributed by atoms with Gasteiger partial charge in [0.25, 0.3) is 0 Å². The third kappa shape index (κ3) is 4.99. The minimum absolute atomic E-state index is 0.323. The minimum atomic E-state index is -0.706. The highest BCUT2D eigenvalue weighted by atomic mass is 16.5. The zero-order valence-electron chi connectivity index (χ0n) is 12.6. The Morgan fingerprint density at radius 2 is 1.90 bits per heavy atom. The first-order valence-electron chi connectivity index (χ1n) is 7.96. The van der Waals surface area contributed by atoms with Crippen molar-refractivity contribution in [2.24, 2.45) is 5.73 Å². The lowest BCUT2D eigenvalue weighted by Crippen LogP contribution is -2.35. The van der Waals surface area contributed by atoms with Gasteiger partial charge in [-0.1, -0.05) is 37.8 Å². The molecule has 0 aromatic heterocycles. The topological polar surface area (TPSA) is 75.7 Å². The van der Waals surface area contributed by atoms with E-state index < -0.39 is 11.7 Å². The van der Waals surface area contributed by atoms with Gasteiger partial charge >= 0.3 is 0 Å². The van der Waals surface area contributed by atoms with Crippen molar-refractivity contribution in [1.82, 2.24) is 0 Å². The zero-order chi connectivity index (χ0) is 15.1. The Morgan fingerprint density at radius 1 is 1.19 bits per heavy atom. The van der Waals surface area contributed by atoms with Crippen LogP contribution < -0.4 is 10.5 Å². The number of hydrogen-bond donors (Lipinski definition) is 3. The first-order chi connectivity index (χ1) is 10.1. The van der Waals surface area contributed by atoms with Crippen molar-refractivity contribution in [3.05, 3.63) is 29.8 Å². The quantitative estimate of drug-likeness (QED) is 0.705. The van der Waals surface area contributed by atoms with Gasteiger partial charge < -0.3 is 20.7 Å². The highest BCUT2D eigenvalue weighted by molar-refractivity contribution is 5.30. The van der Waals surface area contributed by atoms with Crippen molar-refractivity contribution in [2.45, 2.75) is 56.7 Å². The zero-order valence-corrected chi connectivity index (χ0v) is 12.6. The molecule has 0 unspecified atom stereocenters. The van der Waals surface area contributed by atoms with E-state index >= 15 is 0 Å². The van der Waals surface area contributed by atoms with E-state index in [2.05, 4.69) is 0 Å². The molecule has 0 amide bonds. The number of benzene rings is 1. The maximum absolute atomic E-state index is 10.6. The van der Waals surface area contributed by atoms with Crippen LogP contribution in [0.5, 0.6) is 5.75 Å². The molecule has 4 N–H and O–H groups in total. The van der Waals surface area contributed by atoms with Crippen LogP contribution in [0, 0.1) is 0 Å². The normalized spacial score (nSPS) is 19.8. The molecule has 1 fully saturated rings. The molecule has 0 aliphatic heterocycles. The SMILES string of the molecule is NCC[C@@H](O)c1cccc(OCC2(O)CCCCCC2)c1. The average Bonchev–Trinajstić information content (AvgIpc) is 2.71. The van der Waals surface area contributed by atoms with E-state index in [0.717, 1.165) is 31.2 Å². The molecule has 1 aromatic rings. The Bertz CT molecular complexity index is 428. The van der Waals surface area contributed by atoms with Crippen molar-refractivity contribution in [3.63, 3.8) is 0 Å². The molecular formula is C17H27NO3. The van der Waals surface area contributed by atoms with E-state index in [1.165, 1.54) is 12.8 Å². The maximum Gasteiger partial charge on any atom is 0.119 e. The molecule has 0 heterocycles. The van der Waals surface area contributed by atoms with Gasteiger partial charge in [-0.15, -0.1) is 0 Å². The van der Waals surface area contributed by atoms with Crippen molar-refractivity contribution < 1.29 is 14.9 Å². The van der Waals surface area contributed by atoms with Crippen molar-refractivity contribution in [3.8, 4) is 5.75 Å². The van der Waals surface area contributed by atoms with Crippen LogP contribution in [0.2, 0.25) is 0 Å². The molecule has 2 rings (SSSR count). The minimum Gasteiger partial charge on any atom is -0.491 e. The Labute approximate surface area is 126 Å². The lowest BCUT2D eigenvalue weighted by Gasteiger charge is -2.26. The standard InChI is InChI=1S/C17H27NO3/c18-11-8-16(19)14-6-5-7-15(12-14)21-13-17(20)9-3-1-2-4-10-17/h5-7,12,16,19-20H,1-4,8-11,13,18H2/t16-/m1/s1. The van der Waals surface area contributed by atoms with Crippen LogP contribution >= 0.6 is 0 Å². The molecule has 0 saturated heterocycles. The molecule has 0 spiro atoms. The smallest absolute Gasteiger partial charge is 0.119 e. The first kappa shape index (κ1) is 16.3. The Hall–Kier alpha value is -1.10. The van der Waals surface area contributed by atoms with Gasteiger partial charge in [-0.2, -0.15) is 0 Å². The van der Waals surface area contributed by atoms with E-state index in [1.54, 1.807) is 0 Å². The van der Waals surface area contributed by atoms with Gasteiger partial charge in [0.05, 0.1) is 11.7 Å². The number of nitrogens with two attached hydrogens (primary N) is 1. The number of aliphatic hydroxyl groups is 2. The third-order valence-corrected chi connectivity index (χ3v) is 4.22. The van der Waals surface area contributed by atoms with Crippen LogP contribution in [0.3, 0.4) is 0 Å². The lowest BCUT2D eigenvalue weighted by atomic mass is 9.96. The van der Waals surface area contributed by atoms with E-state index in [9.17, 15) is 10.2 Å². The van der Waals surface area contributed by atoms with Crippen molar-refractivity contribution >= 4 is 0 Å². The van der Waals surface area contributed by atoms with Crippen LogP contribution in [0.25, 0.3) is 0 Å². The average molecular weight is 293 g/mol. The molecule has 1 aromatic carbocycles. The summed E-state index contributed by atoms with van der Waals surface area (Å²) in [6, 6.07) is 7.42. The van der Waals surface area contributed by atoms with E-state index in [4.69, 9.17) is 10.5 Å². The molecule has 118 valence electrons. The second kappa shape index (κ2) is 7.78. The Balaban J connectivity index is 1.94. The molecule has 1 aliphatic carbocycles. The number of hydrogen-bond acceptors (Lipinski definition) is 4. The highest BCUT2D eigenvalue weighted by Gasteiger charge is 2.28. The predicted molar refractivity (Wildman–Crippen MR) is 83.2 cm³/mol. The van der Waals surface area contributed by atoms with Gasteiger partial charge in [-0.3, -0.25) is 0 Å². The van der Waals surface area contributed by atoms with Crippen molar-refractivity contribution in [2.75, 3.05) is 13.2 Å². The summed E-state index contributed by atoms with van der Waals surface area (Å²) in [6.07, 6.45) is 6.12. The monoisotopic (exact) mass is 293 g/mol. The Kier molecular flexibility index (Phi) is 6.03. The second-order valence-corrected chi connectivity index (χ2v) is 6.09. The summed E-state index contributed by atoms with van der Waals surface area (Å²) in [7, 11) is 0. The van der Waals surface area contributed by atoms with E-state index in [0.29, 0.717) is 25.3 Å². The second-order valence-electron chi connectivity index (χ2n) is 6.09. The van der Waals surface area contributed by atoms with Gasteiger partial charge in [0.2, 0.25) is 0 Å². The first-order valence-corrected chi connectivity index (χ1v) is 7.96. The third-order valence-electron chi connectivity index (χ3n) is 4.22. The highest BCUT2D eigenvalue weighted by Crippen LogP contribution is 2.28. The fourth-order valence-corrected chi connectivity index (χ4v) is 2.88. The van der Waals surface area contributed by atoms with Gasteiger partial charge in [-0.05, 0) is 43.5 Å². The van der Waals surface area contributed by atoms with Gasteiger partial charge in [0, 0.05) is 0 Å². The molecule has 0 radical (unpaired) electrons. The molecular weight excluding hydrogens is 266 g/mol. The predicted octanol–water partition coefficient (Wildman–Crippen LogP) is 2.53. The molecule has 1 atom stereocenters. The maximum atomic E-state index is 10.6. The molecule has 21 heavy (non-hydrogen) atoms. The van der Waals surface area contributed by atoms with Gasteiger partial charge in [0.1, 0.15) is 12.4 Å². The number of ether oxygens (including phenoxy) is 1. The summed E-state index contributed by atoms with van der Waals surface area (Å²) >= 11 is 0. The van der Waals surface area contributed by atoms with Gasteiger partial charge in [0.15, 0.2) is 0 Å². The summed E-state index contributed by atoms with van der Waals surface area (Å²) in [4.78, 5) is 0. The van der Waals surface area contributed by atoms with Crippen LogP contribution in [-0.2, 0) is 0 Å². The van der Waals surface area contributed by atoms with Crippen LogP contribution in [0.1, 0.15) is 56.6 Å². The molecule has 1 aliphatic rings.